The number of carbonyl (C=O) groups excluding carboxylic acids is 1. The molecule has 0 radical (unpaired) electrons. The fourth-order valence-electron chi connectivity index (χ4n) is 3.18. The van der Waals surface area contributed by atoms with E-state index in [-0.39, 0.29) is 18.0 Å². The molecule has 2 aliphatic rings. The van der Waals surface area contributed by atoms with Crippen molar-refractivity contribution in [2.45, 2.75) is 46.1 Å². The van der Waals surface area contributed by atoms with Gasteiger partial charge in [-0.25, -0.2) is 4.79 Å². The highest BCUT2D eigenvalue weighted by Gasteiger charge is 2.49. The maximum atomic E-state index is 12.5. The second-order valence-corrected chi connectivity index (χ2v) is 6.76. The topological polar surface area (TPSA) is 60.9 Å². The number of rotatable bonds is 4. The standard InChI is InChI=1S/C15H26N2O3/c1-10(2)15(13(18)19)7-8-17(9-15)14(20)16(4)11(3)12-5-6-12/h10-12H,5-9H2,1-4H3,(H,18,19). The highest BCUT2D eigenvalue weighted by Crippen LogP contribution is 2.39. The zero-order chi connectivity index (χ0) is 15.1. The van der Waals surface area contributed by atoms with Crippen LogP contribution in [0, 0.1) is 17.3 Å². The van der Waals surface area contributed by atoms with Crippen LogP contribution in [0.5, 0.6) is 0 Å². The normalized spacial score (nSPS) is 27.8. The molecule has 1 heterocycles. The Morgan fingerprint density at radius 1 is 1.30 bits per heavy atom. The number of aliphatic carboxylic acids is 1. The molecule has 0 bridgehead atoms. The van der Waals surface area contributed by atoms with E-state index in [0.717, 1.165) is 0 Å². The van der Waals surface area contributed by atoms with Crippen LogP contribution in [0.2, 0.25) is 0 Å². The van der Waals surface area contributed by atoms with Crippen LogP contribution < -0.4 is 0 Å². The fraction of sp³-hybridized carbons (Fsp3) is 0.867. The van der Waals surface area contributed by atoms with Crippen LogP contribution in [-0.4, -0.2) is 53.1 Å². The first kappa shape index (κ1) is 15.1. The molecule has 114 valence electrons. The molecule has 0 aromatic rings. The summed E-state index contributed by atoms with van der Waals surface area (Å²) in [5.41, 5.74) is -0.778. The molecule has 0 aromatic carbocycles. The van der Waals surface area contributed by atoms with E-state index in [0.29, 0.717) is 25.4 Å². The van der Waals surface area contributed by atoms with Crippen LogP contribution in [0.4, 0.5) is 4.79 Å². The Hall–Kier alpha value is -1.26. The third-order valence-corrected chi connectivity index (χ3v) is 5.32. The first-order valence-corrected chi connectivity index (χ1v) is 7.54. The van der Waals surface area contributed by atoms with E-state index >= 15 is 0 Å². The molecule has 2 unspecified atom stereocenters. The molecular weight excluding hydrogens is 256 g/mol. The van der Waals surface area contributed by atoms with Crippen molar-refractivity contribution in [3.63, 3.8) is 0 Å². The second-order valence-electron chi connectivity index (χ2n) is 6.76. The van der Waals surface area contributed by atoms with Crippen molar-refractivity contribution in [1.29, 1.82) is 0 Å². The van der Waals surface area contributed by atoms with Gasteiger partial charge in [0.15, 0.2) is 0 Å². The van der Waals surface area contributed by atoms with Gasteiger partial charge in [-0.3, -0.25) is 4.79 Å². The van der Waals surface area contributed by atoms with Gasteiger partial charge in [0.05, 0.1) is 5.41 Å². The zero-order valence-corrected chi connectivity index (χ0v) is 12.9. The average Bonchev–Trinajstić information content (AvgIpc) is 3.13. The van der Waals surface area contributed by atoms with Crippen LogP contribution >= 0.6 is 0 Å². The molecule has 20 heavy (non-hydrogen) atoms. The van der Waals surface area contributed by atoms with Gasteiger partial charge in [-0.2, -0.15) is 0 Å². The number of carboxylic acid groups (broad SMARTS) is 1. The van der Waals surface area contributed by atoms with Gasteiger partial charge in [0, 0.05) is 26.2 Å². The molecule has 0 spiro atoms. The van der Waals surface area contributed by atoms with Gasteiger partial charge in [-0.1, -0.05) is 13.8 Å². The summed E-state index contributed by atoms with van der Waals surface area (Å²) in [6.45, 7) is 6.82. The van der Waals surface area contributed by atoms with E-state index in [1.807, 2.05) is 20.9 Å². The summed E-state index contributed by atoms with van der Waals surface area (Å²) in [4.78, 5) is 27.6. The fourth-order valence-corrected chi connectivity index (χ4v) is 3.18. The molecule has 2 atom stereocenters. The summed E-state index contributed by atoms with van der Waals surface area (Å²) >= 11 is 0. The molecule has 2 rings (SSSR count). The van der Waals surface area contributed by atoms with Gasteiger partial charge in [0.2, 0.25) is 0 Å². The summed E-state index contributed by atoms with van der Waals surface area (Å²) in [6.07, 6.45) is 2.95. The summed E-state index contributed by atoms with van der Waals surface area (Å²) in [6, 6.07) is 0.231. The monoisotopic (exact) mass is 282 g/mol. The van der Waals surface area contributed by atoms with Crippen molar-refractivity contribution in [1.82, 2.24) is 9.80 Å². The van der Waals surface area contributed by atoms with Gasteiger partial charge >= 0.3 is 12.0 Å². The number of urea groups is 1. The van der Waals surface area contributed by atoms with Crippen LogP contribution in [0.25, 0.3) is 0 Å². The quantitative estimate of drug-likeness (QED) is 0.860. The number of nitrogens with zero attached hydrogens (tertiary/aromatic N) is 2. The number of hydrogen-bond donors (Lipinski definition) is 1. The first-order valence-electron chi connectivity index (χ1n) is 7.54. The van der Waals surface area contributed by atoms with Crippen molar-refractivity contribution >= 4 is 12.0 Å². The third-order valence-electron chi connectivity index (χ3n) is 5.32. The van der Waals surface area contributed by atoms with E-state index in [1.54, 1.807) is 9.80 Å². The molecule has 1 aliphatic heterocycles. The van der Waals surface area contributed by atoms with Crippen LogP contribution in [0.3, 0.4) is 0 Å². The lowest BCUT2D eigenvalue weighted by atomic mass is 9.76. The Morgan fingerprint density at radius 3 is 2.30 bits per heavy atom. The molecule has 1 saturated heterocycles. The molecule has 1 N–H and O–H groups in total. The van der Waals surface area contributed by atoms with E-state index < -0.39 is 11.4 Å². The Morgan fingerprint density at radius 2 is 1.90 bits per heavy atom. The van der Waals surface area contributed by atoms with E-state index in [9.17, 15) is 14.7 Å². The predicted molar refractivity (Wildman–Crippen MR) is 76.4 cm³/mol. The second kappa shape index (κ2) is 5.26. The van der Waals surface area contributed by atoms with Crippen molar-refractivity contribution in [2.75, 3.05) is 20.1 Å². The predicted octanol–water partition coefficient (Wildman–Crippen LogP) is 2.27. The van der Waals surface area contributed by atoms with Gasteiger partial charge in [-0.15, -0.1) is 0 Å². The summed E-state index contributed by atoms with van der Waals surface area (Å²) < 4.78 is 0. The molecule has 5 heteroatoms. The molecule has 2 fully saturated rings. The lowest BCUT2D eigenvalue weighted by Gasteiger charge is -2.32. The lowest BCUT2D eigenvalue weighted by Crippen LogP contribution is -2.47. The smallest absolute Gasteiger partial charge is 0.320 e. The number of carbonyl (C=O) groups is 2. The minimum Gasteiger partial charge on any atom is -0.481 e. The molecular formula is C15H26N2O3. The average molecular weight is 282 g/mol. The number of likely N-dealkylation sites (tertiary alicyclic amines) is 1. The maximum absolute atomic E-state index is 12.5. The van der Waals surface area contributed by atoms with Gasteiger partial charge in [0.1, 0.15) is 0 Å². The molecule has 0 aromatic heterocycles. The number of amides is 2. The van der Waals surface area contributed by atoms with Crippen molar-refractivity contribution in [3.8, 4) is 0 Å². The Kier molecular flexibility index (Phi) is 3.98. The third kappa shape index (κ3) is 2.50. The van der Waals surface area contributed by atoms with Crippen LogP contribution in [-0.2, 0) is 4.79 Å². The van der Waals surface area contributed by atoms with Gasteiger partial charge in [-0.05, 0) is 38.0 Å². The highest BCUT2D eigenvalue weighted by atomic mass is 16.4. The van der Waals surface area contributed by atoms with E-state index in [4.69, 9.17) is 0 Å². The Balaban J connectivity index is 2.04. The van der Waals surface area contributed by atoms with E-state index in [2.05, 4.69) is 6.92 Å². The van der Waals surface area contributed by atoms with Crippen molar-refractivity contribution in [2.24, 2.45) is 17.3 Å². The number of carboxylic acids is 1. The lowest BCUT2D eigenvalue weighted by molar-refractivity contribution is -0.150. The Bertz CT molecular complexity index is 406. The maximum Gasteiger partial charge on any atom is 0.320 e. The van der Waals surface area contributed by atoms with Gasteiger partial charge < -0.3 is 14.9 Å². The minimum absolute atomic E-state index is 0.0202. The molecule has 2 amide bonds. The summed E-state index contributed by atoms with van der Waals surface area (Å²) in [5, 5.41) is 9.53. The first-order chi connectivity index (χ1) is 9.29. The zero-order valence-electron chi connectivity index (χ0n) is 12.9. The Labute approximate surface area is 120 Å². The van der Waals surface area contributed by atoms with E-state index in [1.165, 1.54) is 12.8 Å². The SMILES string of the molecule is CC(C1CC1)N(C)C(=O)N1CCC(C(=O)O)(C(C)C)C1. The van der Waals surface area contributed by atoms with Crippen LogP contribution in [0.15, 0.2) is 0 Å². The molecule has 1 saturated carbocycles. The molecule has 5 nitrogen and oxygen atoms in total. The minimum atomic E-state index is -0.778. The molecule has 1 aliphatic carbocycles. The number of hydrogen-bond acceptors (Lipinski definition) is 2. The highest BCUT2D eigenvalue weighted by molar-refractivity contribution is 5.80. The summed E-state index contributed by atoms with van der Waals surface area (Å²) in [7, 11) is 1.83. The largest absolute Gasteiger partial charge is 0.481 e. The van der Waals surface area contributed by atoms with Crippen LogP contribution in [0.1, 0.15) is 40.0 Å². The van der Waals surface area contributed by atoms with Crippen molar-refractivity contribution < 1.29 is 14.7 Å². The summed E-state index contributed by atoms with van der Waals surface area (Å²) in [5.74, 6) is -0.120. The van der Waals surface area contributed by atoms with Gasteiger partial charge in [0.25, 0.3) is 0 Å². The van der Waals surface area contributed by atoms with Crippen molar-refractivity contribution in [3.05, 3.63) is 0 Å².